The van der Waals surface area contributed by atoms with Gasteiger partial charge in [-0.3, -0.25) is 4.79 Å². The highest BCUT2D eigenvalue weighted by atomic mass is 35.5. The van der Waals surface area contributed by atoms with Crippen LogP contribution in [0.1, 0.15) is 12.0 Å². The van der Waals surface area contributed by atoms with Crippen molar-refractivity contribution in [2.45, 2.75) is 13.0 Å². The molecule has 0 radical (unpaired) electrons. The molecule has 2 rings (SSSR count). The van der Waals surface area contributed by atoms with Gasteiger partial charge in [0.05, 0.1) is 24.7 Å². The Morgan fingerprint density at radius 2 is 1.75 bits per heavy atom. The quantitative estimate of drug-likeness (QED) is 0.693. The van der Waals surface area contributed by atoms with E-state index in [-0.39, 0.29) is 5.91 Å². The van der Waals surface area contributed by atoms with Gasteiger partial charge in [0.15, 0.2) is 0 Å². The van der Waals surface area contributed by atoms with Gasteiger partial charge in [-0.2, -0.15) is 0 Å². The molecule has 4 nitrogen and oxygen atoms in total. The van der Waals surface area contributed by atoms with Crippen LogP contribution in [0.2, 0.25) is 5.02 Å². The van der Waals surface area contributed by atoms with Crippen molar-refractivity contribution in [1.29, 1.82) is 0 Å². The lowest BCUT2D eigenvalue weighted by Crippen LogP contribution is -2.34. The first-order valence-corrected chi connectivity index (χ1v) is 8.26. The second kappa shape index (κ2) is 9.96. The standard InChI is InChI=1S/C19H22ClNO3/c1-23-14-12-21(15-16-7-3-2-4-8-16)19(22)11-13-24-18-10-6-5-9-17(18)20/h2-10H,11-15H2,1H3. The molecule has 0 heterocycles. The summed E-state index contributed by atoms with van der Waals surface area (Å²) in [6, 6.07) is 17.2. The number of carbonyl (C=O) groups is 1. The summed E-state index contributed by atoms with van der Waals surface area (Å²) in [6.45, 7) is 1.91. The number of methoxy groups -OCH3 is 1. The van der Waals surface area contributed by atoms with Crippen molar-refractivity contribution in [3.8, 4) is 5.75 Å². The molecule has 0 saturated heterocycles. The number of para-hydroxylation sites is 1. The number of ether oxygens (including phenoxy) is 2. The van der Waals surface area contributed by atoms with Crippen molar-refractivity contribution >= 4 is 17.5 Å². The van der Waals surface area contributed by atoms with Crippen LogP contribution in [0, 0.1) is 0 Å². The van der Waals surface area contributed by atoms with Crippen LogP contribution in [0.15, 0.2) is 54.6 Å². The minimum atomic E-state index is 0.0305. The van der Waals surface area contributed by atoms with E-state index in [2.05, 4.69) is 0 Å². The van der Waals surface area contributed by atoms with Gasteiger partial charge in [0.1, 0.15) is 5.75 Å². The molecule has 0 aromatic heterocycles. The number of carbonyl (C=O) groups excluding carboxylic acids is 1. The lowest BCUT2D eigenvalue weighted by atomic mass is 10.2. The summed E-state index contributed by atoms with van der Waals surface area (Å²) in [4.78, 5) is 14.3. The Labute approximate surface area is 147 Å². The SMILES string of the molecule is COCCN(Cc1ccccc1)C(=O)CCOc1ccccc1Cl. The lowest BCUT2D eigenvalue weighted by Gasteiger charge is -2.22. The van der Waals surface area contributed by atoms with Crippen molar-refractivity contribution in [2.75, 3.05) is 26.9 Å². The molecule has 5 heteroatoms. The van der Waals surface area contributed by atoms with E-state index in [1.807, 2.05) is 42.5 Å². The zero-order valence-corrected chi connectivity index (χ0v) is 14.5. The number of hydrogen-bond acceptors (Lipinski definition) is 3. The molecule has 24 heavy (non-hydrogen) atoms. The zero-order chi connectivity index (χ0) is 17.2. The van der Waals surface area contributed by atoms with Gasteiger partial charge >= 0.3 is 0 Å². The summed E-state index contributed by atoms with van der Waals surface area (Å²) < 4.78 is 10.7. The van der Waals surface area contributed by atoms with Gasteiger partial charge in [-0.1, -0.05) is 54.1 Å². The molecule has 0 aliphatic heterocycles. The minimum Gasteiger partial charge on any atom is -0.491 e. The van der Waals surface area contributed by atoms with Crippen LogP contribution in [0.5, 0.6) is 5.75 Å². The Hall–Kier alpha value is -2.04. The largest absolute Gasteiger partial charge is 0.491 e. The first-order chi connectivity index (χ1) is 11.7. The number of hydrogen-bond donors (Lipinski definition) is 0. The molecular formula is C19H22ClNO3. The average molecular weight is 348 g/mol. The highest BCUT2D eigenvalue weighted by molar-refractivity contribution is 6.32. The van der Waals surface area contributed by atoms with E-state index < -0.39 is 0 Å². The maximum absolute atomic E-state index is 12.5. The molecule has 2 aromatic rings. The van der Waals surface area contributed by atoms with Crippen molar-refractivity contribution in [1.82, 2.24) is 4.90 Å². The number of rotatable bonds is 9. The molecule has 0 fully saturated rings. The Morgan fingerprint density at radius 1 is 1.04 bits per heavy atom. The van der Waals surface area contributed by atoms with Crippen LogP contribution in [-0.4, -0.2) is 37.7 Å². The summed E-state index contributed by atoms with van der Waals surface area (Å²) in [5.41, 5.74) is 1.09. The molecule has 0 bridgehead atoms. The summed E-state index contributed by atoms with van der Waals surface area (Å²) in [6.07, 6.45) is 0.293. The fourth-order valence-corrected chi connectivity index (χ4v) is 2.46. The third-order valence-electron chi connectivity index (χ3n) is 3.54. The summed E-state index contributed by atoms with van der Waals surface area (Å²) in [5.74, 6) is 0.626. The molecule has 0 aliphatic rings. The summed E-state index contributed by atoms with van der Waals surface area (Å²) >= 11 is 6.04. The Kier molecular flexibility index (Phi) is 7.59. The molecule has 0 N–H and O–H groups in total. The van der Waals surface area contributed by atoms with Gasteiger partial charge in [-0.05, 0) is 17.7 Å². The second-order valence-corrected chi connectivity index (χ2v) is 5.73. The van der Waals surface area contributed by atoms with E-state index in [1.165, 1.54) is 0 Å². The topological polar surface area (TPSA) is 38.8 Å². The normalized spacial score (nSPS) is 10.4. The van der Waals surface area contributed by atoms with Crippen molar-refractivity contribution in [2.24, 2.45) is 0 Å². The van der Waals surface area contributed by atoms with Gasteiger partial charge in [0.2, 0.25) is 5.91 Å². The van der Waals surface area contributed by atoms with E-state index in [0.29, 0.717) is 43.5 Å². The molecule has 0 aliphatic carbocycles. The maximum atomic E-state index is 12.5. The van der Waals surface area contributed by atoms with E-state index >= 15 is 0 Å². The van der Waals surface area contributed by atoms with Crippen LogP contribution in [-0.2, 0) is 16.1 Å². The van der Waals surface area contributed by atoms with Crippen molar-refractivity contribution < 1.29 is 14.3 Å². The summed E-state index contributed by atoms with van der Waals surface area (Å²) in [5, 5.41) is 0.547. The van der Waals surface area contributed by atoms with E-state index in [1.54, 1.807) is 24.1 Å². The smallest absolute Gasteiger partial charge is 0.226 e. The van der Waals surface area contributed by atoms with Crippen LogP contribution < -0.4 is 4.74 Å². The lowest BCUT2D eigenvalue weighted by molar-refractivity contribution is -0.133. The van der Waals surface area contributed by atoms with Gasteiger partial charge in [0, 0.05) is 20.2 Å². The second-order valence-electron chi connectivity index (χ2n) is 5.32. The number of nitrogens with zero attached hydrogens (tertiary/aromatic N) is 1. The highest BCUT2D eigenvalue weighted by Crippen LogP contribution is 2.23. The van der Waals surface area contributed by atoms with E-state index in [4.69, 9.17) is 21.1 Å². The third-order valence-corrected chi connectivity index (χ3v) is 3.86. The predicted octanol–water partition coefficient (Wildman–Crippen LogP) is 3.78. The number of amides is 1. The highest BCUT2D eigenvalue weighted by Gasteiger charge is 2.14. The van der Waals surface area contributed by atoms with Crippen LogP contribution in [0.3, 0.4) is 0 Å². The first-order valence-electron chi connectivity index (χ1n) is 7.88. The summed E-state index contributed by atoms with van der Waals surface area (Å²) in [7, 11) is 1.63. The third kappa shape index (κ3) is 5.87. The fourth-order valence-electron chi connectivity index (χ4n) is 2.27. The number of benzene rings is 2. The molecule has 1 amide bonds. The molecule has 0 saturated carbocycles. The van der Waals surface area contributed by atoms with Crippen LogP contribution in [0.4, 0.5) is 0 Å². The van der Waals surface area contributed by atoms with Gasteiger partial charge < -0.3 is 14.4 Å². The number of halogens is 1. The maximum Gasteiger partial charge on any atom is 0.226 e. The molecular weight excluding hydrogens is 326 g/mol. The van der Waals surface area contributed by atoms with Gasteiger partial charge in [0.25, 0.3) is 0 Å². The Balaban J connectivity index is 1.88. The zero-order valence-electron chi connectivity index (χ0n) is 13.8. The Morgan fingerprint density at radius 3 is 2.46 bits per heavy atom. The first kappa shape index (κ1) is 18.3. The van der Waals surface area contributed by atoms with Crippen molar-refractivity contribution in [3.05, 3.63) is 65.2 Å². The Bertz CT molecular complexity index is 634. The monoisotopic (exact) mass is 347 g/mol. The van der Waals surface area contributed by atoms with E-state index in [9.17, 15) is 4.79 Å². The van der Waals surface area contributed by atoms with Gasteiger partial charge in [-0.15, -0.1) is 0 Å². The molecule has 128 valence electrons. The van der Waals surface area contributed by atoms with Crippen LogP contribution >= 0.6 is 11.6 Å². The van der Waals surface area contributed by atoms with Crippen LogP contribution in [0.25, 0.3) is 0 Å². The molecule has 0 unspecified atom stereocenters. The molecule has 2 aromatic carbocycles. The predicted molar refractivity (Wildman–Crippen MR) is 95.3 cm³/mol. The fraction of sp³-hybridized carbons (Fsp3) is 0.316. The van der Waals surface area contributed by atoms with Gasteiger partial charge in [-0.25, -0.2) is 0 Å². The van der Waals surface area contributed by atoms with E-state index in [0.717, 1.165) is 5.56 Å². The molecule has 0 atom stereocenters. The minimum absolute atomic E-state index is 0.0305. The average Bonchev–Trinajstić information content (AvgIpc) is 2.61. The molecule has 0 spiro atoms. The van der Waals surface area contributed by atoms with Crippen molar-refractivity contribution in [3.63, 3.8) is 0 Å².